The third kappa shape index (κ3) is 5.54. The van der Waals surface area contributed by atoms with Gasteiger partial charge in [0.25, 0.3) is 23.6 Å². The normalized spacial score (nSPS) is 18.4. The van der Waals surface area contributed by atoms with Crippen molar-refractivity contribution in [2.45, 2.75) is 38.8 Å². The minimum Gasteiger partial charge on any atom is -0.465 e. The topological polar surface area (TPSA) is 143 Å². The van der Waals surface area contributed by atoms with Gasteiger partial charge < -0.3 is 30.1 Å². The fourth-order valence-electron chi connectivity index (χ4n) is 4.36. The first-order valence-corrected chi connectivity index (χ1v) is 12.1. The lowest BCUT2D eigenvalue weighted by molar-refractivity contribution is -0.125. The van der Waals surface area contributed by atoms with Gasteiger partial charge in [0.05, 0.1) is 23.6 Å². The van der Waals surface area contributed by atoms with Crippen LogP contribution in [0.25, 0.3) is 12.2 Å². The molecule has 2 aromatic rings. The Hall–Kier alpha value is -4.60. The lowest BCUT2D eigenvalue weighted by Gasteiger charge is -2.20. The molecule has 4 rings (SSSR count). The molecule has 4 heterocycles. The minimum absolute atomic E-state index is 0.00545. The highest BCUT2D eigenvalue weighted by Crippen LogP contribution is 2.30. The van der Waals surface area contributed by atoms with Crippen molar-refractivity contribution in [3.05, 3.63) is 82.8 Å². The number of hydrogen-bond acceptors (Lipinski definition) is 6. The van der Waals surface area contributed by atoms with Crippen molar-refractivity contribution in [3.63, 3.8) is 0 Å². The zero-order valence-electron chi connectivity index (χ0n) is 21.6. The van der Waals surface area contributed by atoms with Gasteiger partial charge in [-0.05, 0) is 75.3 Å². The molecule has 10 nitrogen and oxygen atoms in total. The van der Waals surface area contributed by atoms with E-state index in [0.717, 1.165) is 0 Å². The fourth-order valence-corrected chi connectivity index (χ4v) is 4.36. The molecule has 0 aromatic carbocycles. The average molecular weight is 519 g/mol. The van der Waals surface area contributed by atoms with Crippen LogP contribution in [-0.4, -0.2) is 47.8 Å². The smallest absolute Gasteiger partial charge is 0.257 e. The summed E-state index contributed by atoms with van der Waals surface area (Å²) in [7, 11) is 0. The number of amides is 4. The van der Waals surface area contributed by atoms with Crippen LogP contribution in [0, 0.1) is 0 Å². The molecule has 0 aliphatic carbocycles. The molecule has 0 atom stereocenters. The Morgan fingerprint density at radius 2 is 1.13 bits per heavy atom. The molecule has 2 aliphatic heterocycles. The van der Waals surface area contributed by atoms with Gasteiger partial charge in [-0.1, -0.05) is 12.2 Å². The highest BCUT2D eigenvalue weighted by molar-refractivity contribution is 6.22. The van der Waals surface area contributed by atoms with Gasteiger partial charge in [0.2, 0.25) is 0 Å². The first-order valence-electron chi connectivity index (χ1n) is 12.1. The minimum atomic E-state index is -0.754. The molecular weight excluding hydrogens is 488 g/mol. The van der Waals surface area contributed by atoms with E-state index in [0.29, 0.717) is 22.7 Å². The highest BCUT2D eigenvalue weighted by Gasteiger charge is 2.40. The molecular formula is C28H30N4O6. The Morgan fingerprint density at radius 3 is 1.47 bits per heavy atom. The van der Waals surface area contributed by atoms with Gasteiger partial charge in [-0.25, -0.2) is 0 Å². The summed E-state index contributed by atoms with van der Waals surface area (Å²) in [5.41, 5.74) is -0.485. The maximum absolute atomic E-state index is 12.9. The van der Waals surface area contributed by atoms with E-state index in [9.17, 15) is 19.2 Å². The summed E-state index contributed by atoms with van der Waals surface area (Å²) in [4.78, 5) is 51.0. The predicted molar refractivity (Wildman–Crippen MR) is 140 cm³/mol. The van der Waals surface area contributed by atoms with Crippen molar-refractivity contribution in [2.75, 3.05) is 13.1 Å². The third-order valence-electron chi connectivity index (χ3n) is 6.26. The molecule has 0 unspecified atom stereocenters. The van der Waals surface area contributed by atoms with Gasteiger partial charge >= 0.3 is 0 Å². The molecule has 0 spiro atoms. The summed E-state index contributed by atoms with van der Waals surface area (Å²) in [5.74, 6) is -0.939. The van der Waals surface area contributed by atoms with Crippen LogP contribution in [0.5, 0.6) is 0 Å². The molecule has 4 amide bonds. The number of carbonyl (C=O) groups is 4. The standard InChI is InChI=1S/C28H30N4O6/c1-27(2)19(11-9-17-7-5-15-37-17)21(25(35)31-27)23(33)29-13-14-30-24(34)22-20(28(3,4)32-26(22)36)12-10-18-8-6-16-38-18/h5-12,15-16H,13-14H2,1-4H3,(H,29,33)(H,30,34)(H,31,35)(H,32,36)/b11-9+,12-10+. The molecule has 0 saturated heterocycles. The van der Waals surface area contributed by atoms with Crippen LogP contribution in [0.15, 0.2) is 80.1 Å². The molecule has 0 fully saturated rings. The van der Waals surface area contributed by atoms with E-state index < -0.39 is 34.7 Å². The molecule has 10 heteroatoms. The SMILES string of the molecule is CC1(C)NC(=O)C(C(=O)NCCNC(=O)C2=C(/C=C/c3ccco3)C(C)(C)NC2=O)=C1/C=C/c1ccco1. The Balaban J connectivity index is 1.42. The number of furan rings is 2. The van der Waals surface area contributed by atoms with E-state index in [2.05, 4.69) is 21.3 Å². The van der Waals surface area contributed by atoms with Gasteiger partial charge in [-0.2, -0.15) is 0 Å². The lowest BCUT2D eigenvalue weighted by Crippen LogP contribution is -2.40. The first kappa shape index (κ1) is 26.5. The second-order valence-electron chi connectivity index (χ2n) is 9.94. The van der Waals surface area contributed by atoms with E-state index in [1.165, 1.54) is 12.5 Å². The van der Waals surface area contributed by atoms with Gasteiger partial charge in [-0.3, -0.25) is 19.2 Å². The molecule has 0 bridgehead atoms. The Morgan fingerprint density at radius 1 is 0.737 bits per heavy atom. The first-order chi connectivity index (χ1) is 18.0. The monoisotopic (exact) mass is 518 g/mol. The Labute approximate surface area is 219 Å². The average Bonchev–Trinajstić information content (AvgIpc) is 3.61. The maximum atomic E-state index is 12.9. The van der Waals surface area contributed by atoms with Crippen molar-refractivity contribution in [3.8, 4) is 0 Å². The van der Waals surface area contributed by atoms with E-state index >= 15 is 0 Å². The van der Waals surface area contributed by atoms with E-state index in [-0.39, 0.29) is 24.2 Å². The molecule has 198 valence electrons. The number of hydrogen-bond donors (Lipinski definition) is 4. The van der Waals surface area contributed by atoms with Crippen LogP contribution in [0.2, 0.25) is 0 Å². The van der Waals surface area contributed by atoms with E-state index in [4.69, 9.17) is 8.83 Å². The van der Waals surface area contributed by atoms with Crippen molar-refractivity contribution < 1.29 is 28.0 Å². The Bertz CT molecular complexity index is 1270. The van der Waals surface area contributed by atoms with Crippen molar-refractivity contribution in [2.24, 2.45) is 0 Å². The zero-order valence-corrected chi connectivity index (χ0v) is 21.6. The van der Waals surface area contributed by atoms with Crippen LogP contribution in [0.3, 0.4) is 0 Å². The summed E-state index contributed by atoms with van der Waals surface area (Å²) in [6.07, 6.45) is 9.79. The predicted octanol–water partition coefficient (Wildman–Crippen LogP) is 2.24. The largest absolute Gasteiger partial charge is 0.465 e. The summed E-state index contributed by atoms with van der Waals surface area (Å²) < 4.78 is 10.6. The van der Waals surface area contributed by atoms with Gasteiger partial charge in [0, 0.05) is 13.1 Å². The number of rotatable bonds is 9. The van der Waals surface area contributed by atoms with Crippen molar-refractivity contribution in [1.29, 1.82) is 0 Å². The quantitative estimate of drug-likeness (QED) is 0.296. The lowest BCUT2D eigenvalue weighted by atomic mass is 9.93. The molecule has 2 aliphatic rings. The molecule has 0 radical (unpaired) electrons. The van der Waals surface area contributed by atoms with Crippen LogP contribution in [0.1, 0.15) is 39.2 Å². The van der Waals surface area contributed by atoms with Gasteiger partial charge in [-0.15, -0.1) is 0 Å². The summed E-state index contributed by atoms with van der Waals surface area (Å²) in [6.45, 7) is 7.29. The van der Waals surface area contributed by atoms with Crippen molar-refractivity contribution >= 4 is 35.8 Å². The van der Waals surface area contributed by atoms with Crippen LogP contribution < -0.4 is 21.3 Å². The number of nitrogens with one attached hydrogen (secondary N) is 4. The van der Waals surface area contributed by atoms with Gasteiger partial charge in [0.15, 0.2) is 0 Å². The molecule has 4 N–H and O–H groups in total. The van der Waals surface area contributed by atoms with Crippen molar-refractivity contribution in [1.82, 2.24) is 21.3 Å². The summed E-state index contributed by atoms with van der Waals surface area (Å²) in [6, 6.07) is 7.00. The maximum Gasteiger partial charge on any atom is 0.257 e. The highest BCUT2D eigenvalue weighted by atomic mass is 16.3. The summed E-state index contributed by atoms with van der Waals surface area (Å²) in [5, 5.41) is 10.9. The van der Waals surface area contributed by atoms with E-state index in [1.54, 1.807) is 76.3 Å². The molecule has 38 heavy (non-hydrogen) atoms. The number of carbonyl (C=O) groups excluding carboxylic acids is 4. The second-order valence-corrected chi connectivity index (χ2v) is 9.94. The van der Waals surface area contributed by atoms with Gasteiger partial charge in [0.1, 0.15) is 22.7 Å². The second kappa shape index (κ2) is 10.4. The van der Waals surface area contributed by atoms with Crippen LogP contribution in [-0.2, 0) is 19.2 Å². The van der Waals surface area contributed by atoms with E-state index in [1.807, 2.05) is 0 Å². The Kier molecular flexibility index (Phi) is 7.25. The zero-order chi connectivity index (χ0) is 27.5. The van der Waals surface area contributed by atoms with Crippen LogP contribution in [0.4, 0.5) is 0 Å². The molecule has 0 saturated carbocycles. The van der Waals surface area contributed by atoms with Crippen LogP contribution >= 0.6 is 0 Å². The summed E-state index contributed by atoms with van der Waals surface area (Å²) >= 11 is 0. The molecule has 2 aromatic heterocycles. The fraction of sp³-hybridized carbons (Fsp3) is 0.286. The third-order valence-corrected chi connectivity index (χ3v) is 6.26.